The van der Waals surface area contributed by atoms with Crippen LogP contribution >= 0.6 is 0 Å². The summed E-state index contributed by atoms with van der Waals surface area (Å²) in [6.07, 6.45) is 1.79. The topological polar surface area (TPSA) is 92.4 Å². The number of carbonyl (C=O) groups is 1. The molecular formula is C25H30N4O3. The molecule has 2 aromatic heterocycles. The lowest BCUT2D eigenvalue weighted by Crippen LogP contribution is -2.49. The van der Waals surface area contributed by atoms with E-state index in [-0.39, 0.29) is 5.92 Å². The molecule has 1 aliphatic heterocycles. The first kappa shape index (κ1) is 22.1. The molecule has 1 N–H and O–H groups in total. The van der Waals surface area contributed by atoms with Gasteiger partial charge >= 0.3 is 5.97 Å². The van der Waals surface area contributed by atoms with Gasteiger partial charge in [0.05, 0.1) is 17.3 Å². The third kappa shape index (κ3) is 4.72. The number of carboxylic acids is 1. The van der Waals surface area contributed by atoms with Gasteiger partial charge in [-0.25, -0.2) is 0 Å². The van der Waals surface area contributed by atoms with E-state index >= 15 is 0 Å². The van der Waals surface area contributed by atoms with E-state index in [1.54, 1.807) is 0 Å². The third-order valence-corrected chi connectivity index (χ3v) is 5.94. The Labute approximate surface area is 188 Å². The molecule has 0 spiro atoms. The van der Waals surface area contributed by atoms with Crippen molar-refractivity contribution in [1.29, 1.82) is 0 Å². The van der Waals surface area contributed by atoms with Crippen molar-refractivity contribution in [2.45, 2.75) is 47.1 Å². The largest absolute Gasteiger partial charge is 0.481 e. The summed E-state index contributed by atoms with van der Waals surface area (Å²) in [5.74, 6) is 0.662. The maximum absolute atomic E-state index is 11.0. The molecule has 0 amide bonds. The van der Waals surface area contributed by atoms with Crippen LogP contribution in [0.25, 0.3) is 22.8 Å². The third-order valence-electron chi connectivity index (χ3n) is 5.94. The number of hydrogen-bond acceptors (Lipinski definition) is 6. The minimum atomic E-state index is -0.725. The van der Waals surface area contributed by atoms with Gasteiger partial charge in [0.25, 0.3) is 5.89 Å². The van der Waals surface area contributed by atoms with Gasteiger partial charge in [0.1, 0.15) is 0 Å². The lowest BCUT2D eigenvalue weighted by atomic mass is 9.97. The zero-order valence-electron chi connectivity index (χ0n) is 19.1. The first-order valence-corrected chi connectivity index (χ1v) is 11.2. The van der Waals surface area contributed by atoms with Gasteiger partial charge in [-0.2, -0.15) is 4.98 Å². The fraction of sp³-hybridized carbons (Fsp3) is 0.440. The summed E-state index contributed by atoms with van der Waals surface area (Å²) in [6.45, 7) is 10.4. The summed E-state index contributed by atoms with van der Waals surface area (Å²) in [6, 6.07) is 10.2. The number of hydrogen-bond donors (Lipinski definition) is 1. The minimum absolute atomic E-state index is 0.263. The van der Waals surface area contributed by atoms with E-state index in [9.17, 15) is 4.79 Å². The van der Waals surface area contributed by atoms with Crippen molar-refractivity contribution < 1.29 is 14.4 Å². The molecule has 3 aromatic rings. The van der Waals surface area contributed by atoms with Crippen LogP contribution in [-0.2, 0) is 24.2 Å². The van der Waals surface area contributed by atoms with Crippen molar-refractivity contribution in [2.75, 3.05) is 13.1 Å². The number of likely N-dealkylation sites (tertiary alicyclic amines) is 1. The Morgan fingerprint density at radius 1 is 1.22 bits per heavy atom. The number of aromatic nitrogens is 3. The van der Waals surface area contributed by atoms with E-state index < -0.39 is 5.97 Å². The summed E-state index contributed by atoms with van der Waals surface area (Å²) in [5, 5.41) is 13.3. The van der Waals surface area contributed by atoms with Gasteiger partial charge in [0.2, 0.25) is 5.82 Å². The molecule has 1 aliphatic rings. The fourth-order valence-corrected chi connectivity index (χ4v) is 4.14. The van der Waals surface area contributed by atoms with Crippen molar-refractivity contribution in [1.82, 2.24) is 20.0 Å². The monoisotopic (exact) mass is 434 g/mol. The normalized spacial score (nSPS) is 14.7. The molecule has 0 saturated carbocycles. The van der Waals surface area contributed by atoms with Crippen LogP contribution in [0.5, 0.6) is 0 Å². The van der Waals surface area contributed by atoms with E-state index in [2.05, 4.69) is 54.9 Å². The average molecular weight is 435 g/mol. The molecule has 4 rings (SSSR count). The lowest BCUT2D eigenvalue weighted by molar-refractivity contribution is -0.147. The SMILES string of the molecule is CCc1nc(CN2CC(C(=O)O)C2)ccc1-c1noc(-c2ccc(CC(C)C)c(C)c2)n1. The van der Waals surface area contributed by atoms with E-state index in [0.717, 1.165) is 35.4 Å². The number of carboxylic acid groups (broad SMARTS) is 1. The Hall–Kier alpha value is -3.06. The van der Waals surface area contributed by atoms with Crippen molar-refractivity contribution in [3.8, 4) is 22.8 Å². The molecule has 0 bridgehead atoms. The highest BCUT2D eigenvalue weighted by molar-refractivity contribution is 5.71. The summed E-state index contributed by atoms with van der Waals surface area (Å²) in [5.41, 5.74) is 6.19. The minimum Gasteiger partial charge on any atom is -0.481 e. The lowest BCUT2D eigenvalue weighted by Gasteiger charge is -2.36. The van der Waals surface area contributed by atoms with Gasteiger partial charge in [0.15, 0.2) is 0 Å². The van der Waals surface area contributed by atoms with Crippen molar-refractivity contribution in [2.24, 2.45) is 11.8 Å². The number of benzene rings is 1. The van der Waals surface area contributed by atoms with Gasteiger partial charge in [-0.05, 0) is 61.1 Å². The van der Waals surface area contributed by atoms with Crippen LogP contribution in [0, 0.1) is 18.8 Å². The Bertz CT molecular complexity index is 1120. The van der Waals surface area contributed by atoms with E-state index in [4.69, 9.17) is 14.6 Å². The van der Waals surface area contributed by atoms with Crippen LogP contribution in [0.1, 0.15) is 43.3 Å². The second kappa shape index (κ2) is 9.20. The molecule has 0 aliphatic carbocycles. The van der Waals surface area contributed by atoms with Crippen molar-refractivity contribution in [3.63, 3.8) is 0 Å². The Kier molecular flexibility index (Phi) is 6.37. The van der Waals surface area contributed by atoms with E-state index in [1.807, 2.05) is 18.2 Å². The Balaban J connectivity index is 1.51. The van der Waals surface area contributed by atoms with Crippen LogP contribution in [0.2, 0.25) is 0 Å². The van der Waals surface area contributed by atoms with Gasteiger partial charge < -0.3 is 9.63 Å². The molecule has 32 heavy (non-hydrogen) atoms. The maximum atomic E-state index is 11.0. The first-order valence-electron chi connectivity index (χ1n) is 11.2. The summed E-state index contributed by atoms with van der Waals surface area (Å²) in [7, 11) is 0. The maximum Gasteiger partial charge on any atom is 0.309 e. The predicted molar refractivity (Wildman–Crippen MR) is 122 cm³/mol. The van der Waals surface area contributed by atoms with Gasteiger partial charge in [-0.1, -0.05) is 32.0 Å². The fourth-order valence-electron chi connectivity index (χ4n) is 4.14. The number of rotatable bonds is 8. The molecule has 0 unspecified atom stereocenters. The highest BCUT2D eigenvalue weighted by Gasteiger charge is 2.32. The van der Waals surface area contributed by atoms with Crippen LogP contribution in [0.15, 0.2) is 34.9 Å². The van der Waals surface area contributed by atoms with E-state index in [1.165, 1.54) is 11.1 Å². The van der Waals surface area contributed by atoms with Crippen LogP contribution < -0.4 is 0 Å². The summed E-state index contributed by atoms with van der Waals surface area (Å²) >= 11 is 0. The second-order valence-electron chi connectivity index (χ2n) is 9.04. The van der Waals surface area contributed by atoms with Gasteiger partial charge in [0, 0.05) is 30.8 Å². The highest BCUT2D eigenvalue weighted by Crippen LogP contribution is 2.27. The number of aliphatic carboxylic acids is 1. The zero-order valence-corrected chi connectivity index (χ0v) is 19.1. The van der Waals surface area contributed by atoms with Gasteiger partial charge in [-0.15, -0.1) is 0 Å². The molecule has 0 radical (unpaired) electrons. The molecule has 168 valence electrons. The Morgan fingerprint density at radius 2 is 2.00 bits per heavy atom. The molecule has 0 atom stereocenters. The number of nitrogens with zero attached hydrogens (tertiary/aromatic N) is 4. The number of aryl methyl sites for hydroxylation is 2. The quantitative estimate of drug-likeness (QED) is 0.562. The predicted octanol–water partition coefficient (Wildman–Crippen LogP) is 4.38. The van der Waals surface area contributed by atoms with E-state index in [0.29, 0.717) is 37.3 Å². The average Bonchev–Trinajstić information content (AvgIpc) is 3.21. The summed E-state index contributed by atoms with van der Waals surface area (Å²) < 4.78 is 5.58. The van der Waals surface area contributed by atoms with Crippen LogP contribution in [0.3, 0.4) is 0 Å². The van der Waals surface area contributed by atoms with Crippen LogP contribution in [0.4, 0.5) is 0 Å². The molecule has 1 saturated heterocycles. The second-order valence-corrected chi connectivity index (χ2v) is 9.04. The Morgan fingerprint density at radius 3 is 2.66 bits per heavy atom. The smallest absolute Gasteiger partial charge is 0.309 e. The molecule has 7 heteroatoms. The van der Waals surface area contributed by atoms with Crippen molar-refractivity contribution >= 4 is 5.97 Å². The first-order chi connectivity index (χ1) is 15.3. The highest BCUT2D eigenvalue weighted by atomic mass is 16.5. The molecule has 7 nitrogen and oxygen atoms in total. The standard InChI is InChI=1S/C25H30N4O3/c1-5-22-21(9-8-20(26-22)14-29-12-19(13-29)25(30)31)23-27-24(32-28-23)18-7-6-17(10-15(2)3)16(4)11-18/h6-9,11,15,19H,5,10,12-14H2,1-4H3,(H,30,31). The number of pyridine rings is 1. The molecule has 1 aromatic carbocycles. The van der Waals surface area contributed by atoms with Crippen LogP contribution in [-0.4, -0.2) is 44.2 Å². The molecule has 3 heterocycles. The zero-order chi connectivity index (χ0) is 22.8. The van der Waals surface area contributed by atoms with Crippen molar-refractivity contribution in [3.05, 3.63) is 52.8 Å². The molecular weight excluding hydrogens is 404 g/mol. The molecule has 1 fully saturated rings. The summed E-state index contributed by atoms with van der Waals surface area (Å²) in [4.78, 5) is 22.5. The van der Waals surface area contributed by atoms with Gasteiger partial charge in [-0.3, -0.25) is 14.7 Å².